The molecule has 0 saturated carbocycles. The number of nitrogens with one attached hydrogen (secondary N) is 1. The number of rotatable bonds is 8. The summed E-state index contributed by atoms with van der Waals surface area (Å²) in [4.78, 5) is 5.15. The number of nitrogens with zero attached hydrogens (tertiary/aromatic N) is 2. The largest absolute Gasteiger partial charge is 0.325 e. The van der Waals surface area contributed by atoms with Crippen molar-refractivity contribution in [2.75, 3.05) is 26.2 Å². The molecule has 6 nitrogen and oxygen atoms in total. The Morgan fingerprint density at radius 2 is 1.81 bits per heavy atom. The monoisotopic (exact) mass is 380 g/mol. The molecule has 0 bridgehead atoms. The predicted molar refractivity (Wildman–Crippen MR) is 104 cm³/mol. The molecule has 1 aromatic rings. The van der Waals surface area contributed by atoms with E-state index in [4.69, 9.17) is 5.73 Å². The highest BCUT2D eigenvalue weighted by atomic mass is 32.2. The molecule has 2 heterocycles. The first kappa shape index (κ1) is 19.8. The van der Waals surface area contributed by atoms with E-state index in [1.807, 2.05) is 6.07 Å². The molecule has 2 aliphatic heterocycles. The van der Waals surface area contributed by atoms with Crippen LogP contribution in [0.1, 0.15) is 33.6 Å². The van der Waals surface area contributed by atoms with Crippen LogP contribution in [0.25, 0.3) is 0 Å². The second-order valence-electron chi connectivity index (χ2n) is 8.45. The Morgan fingerprint density at radius 3 is 2.38 bits per heavy atom. The molecular weight excluding hydrogens is 348 g/mol. The van der Waals surface area contributed by atoms with Crippen molar-refractivity contribution in [1.82, 2.24) is 14.5 Å². The van der Waals surface area contributed by atoms with Gasteiger partial charge in [0.05, 0.1) is 4.90 Å². The molecule has 0 radical (unpaired) electrons. The highest BCUT2D eigenvalue weighted by Gasteiger charge is 2.37. The van der Waals surface area contributed by atoms with Gasteiger partial charge >= 0.3 is 0 Å². The van der Waals surface area contributed by atoms with Crippen molar-refractivity contribution in [3.05, 3.63) is 30.3 Å². The highest BCUT2D eigenvalue weighted by Crippen LogP contribution is 2.28. The summed E-state index contributed by atoms with van der Waals surface area (Å²) in [5.41, 5.74) is 6.09. The maximum atomic E-state index is 12.4. The molecule has 3 N–H and O–H groups in total. The lowest BCUT2D eigenvalue weighted by Gasteiger charge is -2.49. The van der Waals surface area contributed by atoms with Gasteiger partial charge in [-0.05, 0) is 45.7 Å². The fraction of sp³-hybridized carbons (Fsp3) is 0.684. The third-order valence-electron chi connectivity index (χ3n) is 5.85. The van der Waals surface area contributed by atoms with E-state index < -0.39 is 10.0 Å². The van der Waals surface area contributed by atoms with E-state index in [0.717, 1.165) is 39.0 Å². The Morgan fingerprint density at radius 1 is 1.19 bits per heavy atom. The average Bonchev–Trinajstić information content (AvgIpc) is 2.53. The predicted octanol–water partition coefficient (Wildman–Crippen LogP) is 1.24. The molecule has 146 valence electrons. The van der Waals surface area contributed by atoms with Crippen molar-refractivity contribution in [1.29, 1.82) is 0 Å². The van der Waals surface area contributed by atoms with E-state index in [1.165, 1.54) is 0 Å². The van der Waals surface area contributed by atoms with E-state index in [9.17, 15) is 8.42 Å². The van der Waals surface area contributed by atoms with E-state index >= 15 is 0 Å². The molecule has 2 fully saturated rings. The standard InChI is InChI=1S/C19H32N4O2S/c1-15(9-10-19(2,3)23-11-16(20)12-23)22-13-17(14-22)21-26(24,25)18-7-5-4-6-8-18/h4-8,15-17,21H,9-14,20H2,1-3H3. The van der Waals surface area contributed by atoms with Crippen LogP contribution >= 0.6 is 0 Å². The van der Waals surface area contributed by atoms with Crippen LogP contribution in [0.15, 0.2) is 35.2 Å². The Bertz CT molecular complexity index is 696. The second kappa shape index (κ2) is 7.56. The minimum Gasteiger partial charge on any atom is -0.325 e. The van der Waals surface area contributed by atoms with Crippen LogP contribution < -0.4 is 10.5 Å². The fourth-order valence-corrected chi connectivity index (χ4v) is 4.98. The molecule has 26 heavy (non-hydrogen) atoms. The summed E-state index contributed by atoms with van der Waals surface area (Å²) < 4.78 is 27.5. The molecule has 2 aliphatic rings. The molecule has 1 aromatic carbocycles. The first-order chi connectivity index (χ1) is 12.2. The normalized spacial score (nSPS) is 22.0. The van der Waals surface area contributed by atoms with Crippen LogP contribution in [0.2, 0.25) is 0 Å². The number of benzene rings is 1. The van der Waals surface area contributed by atoms with Crippen LogP contribution in [0.5, 0.6) is 0 Å². The number of nitrogens with two attached hydrogens (primary N) is 1. The molecule has 0 amide bonds. The summed E-state index contributed by atoms with van der Waals surface area (Å²) in [6, 6.07) is 9.37. The summed E-state index contributed by atoms with van der Waals surface area (Å²) in [5, 5.41) is 0. The zero-order valence-electron chi connectivity index (χ0n) is 16.1. The van der Waals surface area contributed by atoms with Crippen LogP contribution in [-0.4, -0.2) is 68.1 Å². The first-order valence-corrected chi connectivity index (χ1v) is 11.0. The molecule has 0 spiro atoms. The summed E-state index contributed by atoms with van der Waals surface area (Å²) in [6.07, 6.45) is 2.23. The van der Waals surface area contributed by atoms with Gasteiger partial charge in [0.15, 0.2) is 0 Å². The van der Waals surface area contributed by atoms with Crippen molar-refractivity contribution in [2.45, 2.75) is 62.2 Å². The molecule has 1 unspecified atom stereocenters. The van der Waals surface area contributed by atoms with Gasteiger partial charge in [-0.3, -0.25) is 9.80 Å². The fourth-order valence-electron chi connectivity index (χ4n) is 3.74. The zero-order chi connectivity index (χ0) is 18.9. The maximum absolute atomic E-state index is 12.4. The van der Waals surface area contributed by atoms with E-state index in [0.29, 0.717) is 17.0 Å². The van der Waals surface area contributed by atoms with Gasteiger partial charge in [-0.1, -0.05) is 18.2 Å². The SMILES string of the molecule is CC(CCC(C)(C)N1CC(N)C1)N1CC(NS(=O)(=O)c2ccccc2)C1. The van der Waals surface area contributed by atoms with Crippen LogP contribution in [-0.2, 0) is 10.0 Å². The van der Waals surface area contributed by atoms with Gasteiger partial charge in [0.1, 0.15) is 0 Å². The highest BCUT2D eigenvalue weighted by molar-refractivity contribution is 7.89. The zero-order valence-corrected chi connectivity index (χ0v) is 16.9. The molecule has 0 aromatic heterocycles. The van der Waals surface area contributed by atoms with E-state index in [1.54, 1.807) is 24.3 Å². The topological polar surface area (TPSA) is 78.7 Å². The van der Waals surface area contributed by atoms with Gasteiger partial charge in [-0.15, -0.1) is 0 Å². The van der Waals surface area contributed by atoms with Crippen LogP contribution in [0.3, 0.4) is 0 Å². The summed E-state index contributed by atoms with van der Waals surface area (Å²) in [7, 11) is -3.41. The summed E-state index contributed by atoms with van der Waals surface area (Å²) in [5.74, 6) is 0. The Hall–Kier alpha value is -0.990. The average molecular weight is 381 g/mol. The molecule has 3 rings (SSSR count). The van der Waals surface area contributed by atoms with Gasteiger partial charge in [-0.25, -0.2) is 13.1 Å². The van der Waals surface area contributed by atoms with Crippen molar-refractivity contribution >= 4 is 10.0 Å². The third-order valence-corrected chi connectivity index (χ3v) is 7.38. The first-order valence-electron chi connectivity index (χ1n) is 9.49. The molecule has 0 aliphatic carbocycles. The van der Waals surface area contributed by atoms with Crippen molar-refractivity contribution in [3.8, 4) is 0 Å². The van der Waals surface area contributed by atoms with Crippen molar-refractivity contribution in [2.24, 2.45) is 5.73 Å². The number of hydrogen-bond acceptors (Lipinski definition) is 5. The Balaban J connectivity index is 1.42. The number of hydrogen-bond donors (Lipinski definition) is 2. The Labute approximate surface area is 157 Å². The minimum atomic E-state index is -3.41. The maximum Gasteiger partial charge on any atom is 0.240 e. The lowest BCUT2D eigenvalue weighted by atomic mass is 9.89. The van der Waals surface area contributed by atoms with Gasteiger partial charge in [0.2, 0.25) is 10.0 Å². The number of likely N-dealkylation sites (tertiary alicyclic amines) is 2. The van der Waals surface area contributed by atoms with Gasteiger partial charge in [0, 0.05) is 49.8 Å². The van der Waals surface area contributed by atoms with Crippen molar-refractivity contribution < 1.29 is 8.42 Å². The quantitative estimate of drug-likeness (QED) is 0.709. The molecule has 2 saturated heterocycles. The minimum absolute atomic E-state index is 0.00375. The summed E-state index contributed by atoms with van der Waals surface area (Å²) >= 11 is 0. The van der Waals surface area contributed by atoms with E-state index in [2.05, 4.69) is 35.3 Å². The summed E-state index contributed by atoms with van der Waals surface area (Å²) in [6.45, 7) is 10.4. The molecule has 1 atom stereocenters. The third kappa shape index (κ3) is 4.46. The molecule has 7 heteroatoms. The lowest BCUT2D eigenvalue weighted by molar-refractivity contribution is 0.0190. The smallest absolute Gasteiger partial charge is 0.240 e. The second-order valence-corrected chi connectivity index (χ2v) is 10.2. The van der Waals surface area contributed by atoms with Crippen LogP contribution in [0.4, 0.5) is 0 Å². The van der Waals surface area contributed by atoms with Gasteiger partial charge in [-0.2, -0.15) is 0 Å². The van der Waals surface area contributed by atoms with Crippen LogP contribution in [0, 0.1) is 0 Å². The van der Waals surface area contributed by atoms with Gasteiger partial charge < -0.3 is 5.73 Å². The molecular formula is C19H32N4O2S. The Kier molecular flexibility index (Phi) is 5.75. The lowest BCUT2D eigenvalue weighted by Crippen LogP contribution is -2.64. The van der Waals surface area contributed by atoms with E-state index in [-0.39, 0.29) is 11.6 Å². The number of sulfonamides is 1. The van der Waals surface area contributed by atoms with Crippen molar-refractivity contribution in [3.63, 3.8) is 0 Å². The van der Waals surface area contributed by atoms with Gasteiger partial charge in [0.25, 0.3) is 0 Å².